The molecule has 0 aromatic rings. The van der Waals surface area contributed by atoms with Crippen molar-refractivity contribution in [3.05, 3.63) is 0 Å². The zero-order valence-electron chi connectivity index (χ0n) is 10.0. The predicted octanol–water partition coefficient (Wildman–Crippen LogP) is -1.07. The molecule has 2 rings (SSSR count). The first-order valence-electron chi connectivity index (χ1n) is 5.97. The van der Waals surface area contributed by atoms with Crippen LogP contribution in [-0.2, 0) is 9.53 Å². The first-order valence-corrected chi connectivity index (χ1v) is 5.97. The van der Waals surface area contributed by atoms with Gasteiger partial charge in [0.25, 0.3) is 0 Å². The average Bonchev–Trinajstić information content (AvgIpc) is 2.52. The third-order valence-electron chi connectivity index (χ3n) is 3.85. The van der Waals surface area contributed by atoms with E-state index in [0.717, 1.165) is 0 Å². The van der Waals surface area contributed by atoms with Gasteiger partial charge in [-0.05, 0) is 6.92 Å². The smallest absolute Gasteiger partial charge is 0.305 e. The van der Waals surface area contributed by atoms with Crippen LogP contribution in [0.15, 0.2) is 0 Å². The third kappa shape index (κ3) is 2.60. The molecule has 0 saturated carbocycles. The number of carbonyl (C=O) groups is 1. The Morgan fingerprint density at radius 2 is 2.29 bits per heavy atom. The highest BCUT2D eigenvalue weighted by atomic mass is 16.5. The lowest BCUT2D eigenvalue weighted by atomic mass is 9.86. The Hall–Kier alpha value is -0.690. The van der Waals surface area contributed by atoms with E-state index in [4.69, 9.17) is 9.84 Å². The summed E-state index contributed by atoms with van der Waals surface area (Å²) in [6, 6.07) is 0. The first-order chi connectivity index (χ1) is 7.96. The highest BCUT2D eigenvalue weighted by Gasteiger charge is 2.44. The summed E-state index contributed by atoms with van der Waals surface area (Å²) in [6.45, 7) is 4.04. The minimum Gasteiger partial charge on any atom is -0.481 e. The number of nitrogens with one attached hydrogen (secondary N) is 2. The van der Waals surface area contributed by atoms with E-state index >= 15 is 0 Å². The van der Waals surface area contributed by atoms with E-state index in [9.17, 15) is 9.90 Å². The molecule has 2 fully saturated rings. The van der Waals surface area contributed by atoms with Crippen LogP contribution in [0.25, 0.3) is 0 Å². The summed E-state index contributed by atoms with van der Waals surface area (Å²) >= 11 is 0. The zero-order valence-corrected chi connectivity index (χ0v) is 10.0. The van der Waals surface area contributed by atoms with E-state index in [1.165, 1.54) is 0 Å². The van der Waals surface area contributed by atoms with Gasteiger partial charge in [0.1, 0.15) is 5.60 Å². The molecule has 0 aromatic heterocycles. The SMILES string of the molecule is CC1OCCC1(O)CNC1(CC(=O)O)CNC1. The molecule has 4 N–H and O–H groups in total. The van der Waals surface area contributed by atoms with Gasteiger partial charge in [0.15, 0.2) is 0 Å². The number of aliphatic carboxylic acids is 1. The van der Waals surface area contributed by atoms with E-state index in [1.54, 1.807) is 0 Å². The second kappa shape index (κ2) is 4.53. The first kappa shape index (κ1) is 12.8. The summed E-state index contributed by atoms with van der Waals surface area (Å²) in [4.78, 5) is 10.8. The van der Waals surface area contributed by atoms with Crippen LogP contribution in [-0.4, -0.2) is 59.7 Å². The van der Waals surface area contributed by atoms with Crippen molar-refractivity contribution in [2.45, 2.75) is 37.0 Å². The molecular formula is C11H20N2O4. The van der Waals surface area contributed by atoms with Gasteiger partial charge < -0.3 is 25.6 Å². The standard InChI is InChI=1S/C11H20N2O4/c1-8-11(16,2-3-17-8)7-13-10(4-9(14)15)5-12-6-10/h8,12-13,16H,2-7H2,1H3,(H,14,15). The molecule has 6 nitrogen and oxygen atoms in total. The Labute approximate surface area is 100 Å². The van der Waals surface area contributed by atoms with Gasteiger partial charge in [0.2, 0.25) is 0 Å². The van der Waals surface area contributed by atoms with Crippen molar-refractivity contribution in [2.24, 2.45) is 0 Å². The number of hydrogen-bond donors (Lipinski definition) is 4. The quantitative estimate of drug-likeness (QED) is 0.492. The normalized spacial score (nSPS) is 35.5. The second-order valence-corrected chi connectivity index (χ2v) is 5.17. The average molecular weight is 244 g/mol. The molecule has 0 bridgehead atoms. The maximum Gasteiger partial charge on any atom is 0.305 e. The Morgan fingerprint density at radius 1 is 1.59 bits per heavy atom. The van der Waals surface area contributed by atoms with Gasteiger partial charge in [-0.2, -0.15) is 0 Å². The van der Waals surface area contributed by atoms with Crippen molar-refractivity contribution in [3.63, 3.8) is 0 Å². The molecule has 6 heteroatoms. The number of β-amino-alcohol motifs (C(OH)–C–C–N with tert-alkyl or cyclic N) is 1. The monoisotopic (exact) mass is 244 g/mol. The number of hydrogen-bond acceptors (Lipinski definition) is 5. The second-order valence-electron chi connectivity index (χ2n) is 5.17. The summed E-state index contributed by atoms with van der Waals surface area (Å²) in [7, 11) is 0. The van der Waals surface area contributed by atoms with Crippen molar-refractivity contribution >= 4 is 5.97 Å². The fourth-order valence-electron chi connectivity index (χ4n) is 2.37. The summed E-state index contributed by atoms with van der Waals surface area (Å²) in [6.07, 6.45) is 0.466. The van der Waals surface area contributed by atoms with Gasteiger partial charge in [-0.3, -0.25) is 4.79 Å². The van der Waals surface area contributed by atoms with Gasteiger partial charge in [0.05, 0.1) is 18.1 Å². The van der Waals surface area contributed by atoms with E-state index in [1.807, 2.05) is 6.92 Å². The molecule has 2 unspecified atom stereocenters. The molecule has 0 aliphatic carbocycles. The lowest BCUT2D eigenvalue weighted by Gasteiger charge is -2.44. The lowest BCUT2D eigenvalue weighted by Crippen LogP contribution is -2.70. The molecular weight excluding hydrogens is 224 g/mol. The summed E-state index contributed by atoms with van der Waals surface area (Å²) in [5, 5.41) is 25.5. The molecule has 2 saturated heterocycles. The van der Waals surface area contributed by atoms with Crippen LogP contribution in [0.2, 0.25) is 0 Å². The molecule has 2 heterocycles. The topological polar surface area (TPSA) is 90.8 Å². The van der Waals surface area contributed by atoms with Gasteiger partial charge >= 0.3 is 5.97 Å². The van der Waals surface area contributed by atoms with Crippen LogP contribution in [0.4, 0.5) is 0 Å². The van der Waals surface area contributed by atoms with Crippen LogP contribution < -0.4 is 10.6 Å². The molecule has 17 heavy (non-hydrogen) atoms. The molecule has 98 valence electrons. The van der Waals surface area contributed by atoms with Crippen LogP contribution >= 0.6 is 0 Å². The number of rotatable bonds is 5. The minimum atomic E-state index is -0.874. The number of carboxylic acid groups (broad SMARTS) is 1. The Bertz CT molecular complexity index is 306. The van der Waals surface area contributed by atoms with E-state index in [-0.39, 0.29) is 12.5 Å². The largest absolute Gasteiger partial charge is 0.481 e. The fraction of sp³-hybridized carbons (Fsp3) is 0.909. The van der Waals surface area contributed by atoms with Crippen molar-refractivity contribution in [2.75, 3.05) is 26.2 Å². The molecule has 2 aliphatic heterocycles. The maximum absolute atomic E-state index is 10.8. The highest BCUT2D eigenvalue weighted by Crippen LogP contribution is 2.26. The molecule has 0 amide bonds. The number of aliphatic hydroxyl groups is 1. The Kier molecular flexibility index (Phi) is 3.40. The van der Waals surface area contributed by atoms with Crippen LogP contribution in [0, 0.1) is 0 Å². The van der Waals surface area contributed by atoms with Gasteiger partial charge in [-0.15, -0.1) is 0 Å². The molecule has 0 radical (unpaired) electrons. The summed E-state index contributed by atoms with van der Waals surface area (Å²) < 4.78 is 5.34. The van der Waals surface area contributed by atoms with E-state index in [0.29, 0.717) is 32.7 Å². The Balaban J connectivity index is 1.90. The van der Waals surface area contributed by atoms with Crippen molar-refractivity contribution in [1.29, 1.82) is 0 Å². The van der Waals surface area contributed by atoms with Crippen molar-refractivity contribution in [1.82, 2.24) is 10.6 Å². The summed E-state index contributed by atoms with van der Waals surface area (Å²) in [5.74, 6) is -0.818. The fourth-order valence-corrected chi connectivity index (χ4v) is 2.37. The van der Waals surface area contributed by atoms with Gasteiger partial charge in [-0.25, -0.2) is 0 Å². The van der Waals surface area contributed by atoms with Gasteiger partial charge in [-0.1, -0.05) is 0 Å². The molecule has 2 aliphatic rings. The lowest BCUT2D eigenvalue weighted by molar-refractivity contribution is -0.139. The van der Waals surface area contributed by atoms with Crippen molar-refractivity contribution in [3.8, 4) is 0 Å². The zero-order chi connectivity index (χ0) is 12.5. The van der Waals surface area contributed by atoms with Gasteiger partial charge in [0, 0.05) is 32.7 Å². The third-order valence-corrected chi connectivity index (χ3v) is 3.85. The van der Waals surface area contributed by atoms with E-state index < -0.39 is 17.1 Å². The number of carboxylic acids is 1. The minimum absolute atomic E-state index is 0.0747. The molecule has 0 aromatic carbocycles. The number of ether oxygens (including phenoxy) is 1. The maximum atomic E-state index is 10.8. The highest BCUT2D eigenvalue weighted by molar-refractivity contribution is 5.68. The van der Waals surface area contributed by atoms with E-state index in [2.05, 4.69) is 10.6 Å². The van der Waals surface area contributed by atoms with Crippen LogP contribution in [0.3, 0.4) is 0 Å². The predicted molar refractivity (Wildman–Crippen MR) is 60.8 cm³/mol. The van der Waals surface area contributed by atoms with Crippen LogP contribution in [0.1, 0.15) is 19.8 Å². The molecule has 2 atom stereocenters. The summed E-state index contributed by atoms with van der Waals surface area (Å²) in [5.41, 5.74) is -1.29. The molecule has 0 spiro atoms. The van der Waals surface area contributed by atoms with Crippen LogP contribution in [0.5, 0.6) is 0 Å². The Morgan fingerprint density at radius 3 is 2.71 bits per heavy atom. The van der Waals surface area contributed by atoms with Crippen molar-refractivity contribution < 1.29 is 19.7 Å².